The van der Waals surface area contributed by atoms with Gasteiger partial charge in [-0.25, -0.2) is 8.42 Å². The highest BCUT2D eigenvalue weighted by molar-refractivity contribution is 7.91. The van der Waals surface area contributed by atoms with E-state index >= 15 is 0 Å². The molecule has 8 heteroatoms. The van der Waals surface area contributed by atoms with Crippen LogP contribution in [0.25, 0.3) is 0 Å². The van der Waals surface area contributed by atoms with Gasteiger partial charge < -0.3 is 15.3 Å². The highest BCUT2D eigenvalue weighted by Crippen LogP contribution is 2.16. The molecule has 0 aliphatic carbocycles. The van der Waals surface area contributed by atoms with Gasteiger partial charge in [0.05, 0.1) is 24.2 Å². The summed E-state index contributed by atoms with van der Waals surface area (Å²) in [6.45, 7) is 1.54. The van der Waals surface area contributed by atoms with Crippen molar-refractivity contribution in [2.75, 3.05) is 25.2 Å². The number of hydrogen-bond acceptors (Lipinski definition) is 5. The standard InChI is InChI=1S/C11H20N2O5S/c1-3-8(6-14)12-10(15)11(16)13(2)9-4-5-19(17,18)7-9/h8-9,14H,3-7H2,1-2H3,(H,12,15). The summed E-state index contributed by atoms with van der Waals surface area (Å²) in [5, 5.41) is 11.4. The fraction of sp³-hybridized carbons (Fsp3) is 0.818. The molecule has 1 rings (SSSR count). The summed E-state index contributed by atoms with van der Waals surface area (Å²) in [4.78, 5) is 24.7. The first-order valence-electron chi connectivity index (χ1n) is 6.19. The Morgan fingerprint density at radius 1 is 1.47 bits per heavy atom. The average molecular weight is 292 g/mol. The lowest BCUT2D eigenvalue weighted by molar-refractivity contribution is -0.146. The molecule has 0 aromatic rings. The lowest BCUT2D eigenvalue weighted by Crippen LogP contribution is -2.49. The topological polar surface area (TPSA) is 104 Å². The highest BCUT2D eigenvalue weighted by atomic mass is 32.2. The van der Waals surface area contributed by atoms with Crippen molar-refractivity contribution in [3.63, 3.8) is 0 Å². The molecule has 1 heterocycles. The van der Waals surface area contributed by atoms with E-state index in [0.29, 0.717) is 12.8 Å². The van der Waals surface area contributed by atoms with Crippen LogP contribution in [0.3, 0.4) is 0 Å². The Bertz CT molecular complexity index is 444. The molecule has 2 N–H and O–H groups in total. The van der Waals surface area contributed by atoms with Crippen molar-refractivity contribution in [3.05, 3.63) is 0 Å². The molecule has 2 amide bonds. The second-order valence-corrected chi connectivity index (χ2v) is 6.96. The molecule has 1 aliphatic heterocycles. The number of sulfone groups is 1. The van der Waals surface area contributed by atoms with Crippen molar-refractivity contribution in [1.82, 2.24) is 10.2 Å². The van der Waals surface area contributed by atoms with E-state index < -0.39 is 33.7 Å². The SMILES string of the molecule is CCC(CO)NC(=O)C(=O)N(C)C1CCS(=O)(=O)C1. The van der Waals surface area contributed by atoms with Crippen molar-refractivity contribution in [2.45, 2.75) is 31.8 Å². The second kappa shape index (κ2) is 6.33. The van der Waals surface area contributed by atoms with Crippen molar-refractivity contribution in [3.8, 4) is 0 Å². The number of likely N-dealkylation sites (N-methyl/N-ethyl adjacent to an activating group) is 1. The van der Waals surface area contributed by atoms with Crippen LogP contribution >= 0.6 is 0 Å². The van der Waals surface area contributed by atoms with Gasteiger partial charge in [0.25, 0.3) is 0 Å². The third-order valence-electron chi connectivity index (χ3n) is 3.32. The fourth-order valence-corrected chi connectivity index (χ4v) is 3.71. The summed E-state index contributed by atoms with van der Waals surface area (Å²) in [7, 11) is -1.67. The summed E-state index contributed by atoms with van der Waals surface area (Å²) in [5.41, 5.74) is 0. The molecule has 110 valence electrons. The van der Waals surface area contributed by atoms with Gasteiger partial charge in [-0.05, 0) is 12.8 Å². The van der Waals surface area contributed by atoms with Crippen LogP contribution in [0.2, 0.25) is 0 Å². The summed E-state index contributed by atoms with van der Waals surface area (Å²) in [6.07, 6.45) is 0.867. The van der Waals surface area contributed by atoms with Gasteiger partial charge in [0.2, 0.25) is 0 Å². The molecule has 0 radical (unpaired) electrons. The number of carbonyl (C=O) groups is 2. The van der Waals surface area contributed by atoms with Gasteiger partial charge in [-0.2, -0.15) is 0 Å². The van der Waals surface area contributed by atoms with Crippen LogP contribution < -0.4 is 5.32 Å². The lowest BCUT2D eigenvalue weighted by atomic mass is 10.2. The van der Waals surface area contributed by atoms with Crippen LogP contribution in [0.15, 0.2) is 0 Å². The Labute approximate surface area is 112 Å². The molecule has 0 spiro atoms. The Hall–Kier alpha value is -1.15. The molecule has 7 nitrogen and oxygen atoms in total. The van der Waals surface area contributed by atoms with Crippen LogP contribution in [0.1, 0.15) is 19.8 Å². The molecule has 1 aliphatic rings. The summed E-state index contributed by atoms with van der Waals surface area (Å²) in [5.74, 6) is -1.63. The molecule has 2 unspecified atom stereocenters. The van der Waals surface area contributed by atoms with Crippen molar-refractivity contribution < 1.29 is 23.1 Å². The molecule has 1 saturated heterocycles. The second-order valence-electron chi connectivity index (χ2n) is 4.73. The van der Waals surface area contributed by atoms with Gasteiger partial charge in [-0.15, -0.1) is 0 Å². The molecular weight excluding hydrogens is 272 g/mol. The molecule has 2 atom stereocenters. The van der Waals surface area contributed by atoms with E-state index in [1.807, 2.05) is 0 Å². The van der Waals surface area contributed by atoms with Crippen LogP contribution in [0.5, 0.6) is 0 Å². The average Bonchev–Trinajstić information content (AvgIpc) is 2.74. The number of nitrogens with zero attached hydrogens (tertiary/aromatic N) is 1. The van der Waals surface area contributed by atoms with E-state index in [9.17, 15) is 18.0 Å². The van der Waals surface area contributed by atoms with E-state index in [0.717, 1.165) is 0 Å². The number of nitrogens with one attached hydrogen (secondary N) is 1. The first kappa shape index (κ1) is 15.9. The quantitative estimate of drug-likeness (QED) is 0.615. The fourth-order valence-electron chi connectivity index (χ4n) is 1.93. The Kier molecular flexibility index (Phi) is 5.30. The van der Waals surface area contributed by atoms with E-state index in [1.54, 1.807) is 6.92 Å². The van der Waals surface area contributed by atoms with Crippen molar-refractivity contribution in [2.24, 2.45) is 0 Å². The minimum Gasteiger partial charge on any atom is -0.394 e. The summed E-state index contributed by atoms with van der Waals surface area (Å²) >= 11 is 0. The number of hydrogen-bond donors (Lipinski definition) is 2. The first-order chi connectivity index (χ1) is 8.80. The first-order valence-corrected chi connectivity index (χ1v) is 8.01. The van der Waals surface area contributed by atoms with E-state index in [-0.39, 0.29) is 18.1 Å². The minimum absolute atomic E-state index is 0.0468. The van der Waals surface area contributed by atoms with Gasteiger partial charge in [0.15, 0.2) is 9.84 Å². The molecule has 19 heavy (non-hydrogen) atoms. The molecule has 0 aromatic heterocycles. The van der Waals surface area contributed by atoms with E-state index in [4.69, 9.17) is 5.11 Å². The molecule has 0 aromatic carbocycles. The Balaban J connectivity index is 2.60. The van der Waals surface area contributed by atoms with Crippen LogP contribution in [-0.2, 0) is 19.4 Å². The number of aliphatic hydroxyl groups is 1. The van der Waals surface area contributed by atoms with Crippen LogP contribution in [-0.4, -0.2) is 67.5 Å². The number of aliphatic hydroxyl groups excluding tert-OH is 1. The van der Waals surface area contributed by atoms with Gasteiger partial charge in [-0.1, -0.05) is 6.92 Å². The molecule has 0 saturated carbocycles. The smallest absolute Gasteiger partial charge is 0.311 e. The maximum atomic E-state index is 11.8. The summed E-state index contributed by atoms with van der Waals surface area (Å²) < 4.78 is 22.7. The third kappa shape index (κ3) is 4.17. The summed E-state index contributed by atoms with van der Waals surface area (Å²) in [6, 6.07) is -0.908. The third-order valence-corrected chi connectivity index (χ3v) is 5.07. The van der Waals surface area contributed by atoms with Gasteiger partial charge >= 0.3 is 11.8 Å². The van der Waals surface area contributed by atoms with Crippen LogP contribution in [0, 0.1) is 0 Å². The largest absolute Gasteiger partial charge is 0.394 e. The van der Waals surface area contributed by atoms with Crippen LogP contribution in [0.4, 0.5) is 0 Å². The predicted octanol–water partition coefficient (Wildman–Crippen LogP) is -1.48. The number of amides is 2. The zero-order valence-corrected chi connectivity index (χ0v) is 11.9. The lowest BCUT2D eigenvalue weighted by Gasteiger charge is -2.23. The van der Waals surface area contributed by atoms with Gasteiger partial charge in [0, 0.05) is 13.1 Å². The maximum Gasteiger partial charge on any atom is 0.311 e. The Morgan fingerprint density at radius 3 is 2.53 bits per heavy atom. The molecular formula is C11H20N2O5S. The Morgan fingerprint density at radius 2 is 2.11 bits per heavy atom. The number of carbonyl (C=O) groups excluding carboxylic acids is 2. The normalized spacial score (nSPS) is 22.8. The maximum absolute atomic E-state index is 11.8. The minimum atomic E-state index is -3.10. The van der Waals surface area contributed by atoms with E-state index in [1.165, 1.54) is 11.9 Å². The molecule has 0 bridgehead atoms. The predicted molar refractivity (Wildman–Crippen MR) is 69.1 cm³/mol. The van der Waals surface area contributed by atoms with E-state index in [2.05, 4.69) is 5.32 Å². The highest BCUT2D eigenvalue weighted by Gasteiger charge is 2.34. The van der Waals surface area contributed by atoms with Gasteiger partial charge in [-0.3, -0.25) is 9.59 Å². The van der Waals surface area contributed by atoms with Crippen molar-refractivity contribution >= 4 is 21.7 Å². The number of rotatable bonds is 4. The zero-order chi connectivity index (χ0) is 14.6. The van der Waals surface area contributed by atoms with Crippen molar-refractivity contribution in [1.29, 1.82) is 0 Å². The monoisotopic (exact) mass is 292 g/mol. The van der Waals surface area contributed by atoms with Gasteiger partial charge in [0.1, 0.15) is 0 Å². The zero-order valence-electron chi connectivity index (χ0n) is 11.1. The molecule has 1 fully saturated rings.